The van der Waals surface area contributed by atoms with Crippen LogP contribution in [0.15, 0.2) is 18.2 Å². The van der Waals surface area contributed by atoms with Crippen LogP contribution >= 0.6 is 23.2 Å². The number of nitrogens with one attached hydrogen (secondary N) is 1. The average molecular weight is 274 g/mol. The third kappa shape index (κ3) is 4.06. The van der Waals surface area contributed by atoms with Gasteiger partial charge in [0.1, 0.15) is 5.75 Å². The van der Waals surface area contributed by atoms with Crippen LogP contribution in [0.25, 0.3) is 0 Å². The number of hydrogen-bond donors (Lipinski definition) is 1. The predicted molar refractivity (Wildman–Crippen MR) is 72.2 cm³/mol. The molecule has 1 unspecified atom stereocenters. The molecule has 1 heterocycles. The van der Waals surface area contributed by atoms with E-state index in [0.717, 1.165) is 25.3 Å². The zero-order chi connectivity index (χ0) is 12.1. The fourth-order valence-corrected chi connectivity index (χ4v) is 2.38. The number of rotatable bonds is 5. The number of benzene rings is 1. The SMILES string of the molecule is Clc1ccc(OCCCC2CCCN2)cc1Cl. The van der Waals surface area contributed by atoms with Crippen molar-refractivity contribution in [2.24, 2.45) is 0 Å². The van der Waals surface area contributed by atoms with Gasteiger partial charge in [0.05, 0.1) is 16.7 Å². The van der Waals surface area contributed by atoms with E-state index < -0.39 is 0 Å². The van der Waals surface area contributed by atoms with Crippen molar-refractivity contribution < 1.29 is 4.74 Å². The standard InChI is InChI=1S/C13H17Cl2NO/c14-12-6-5-11(9-13(12)15)17-8-2-4-10-3-1-7-16-10/h5-6,9-10,16H,1-4,7-8H2. The topological polar surface area (TPSA) is 21.3 Å². The number of ether oxygens (including phenoxy) is 1. The molecular formula is C13H17Cl2NO. The molecule has 0 spiro atoms. The third-order valence-electron chi connectivity index (χ3n) is 3.02. The zero-order valence-electron chi connectivity index (χ0n) is 9.72. The summed E-state index contributed by atoms with van der Waals surface area (Å²) in [7, 11) is 0. The molecule has 94 valence electrons. The lowest BCUT2D eigenvalue weighted by molar-refractivity contribution is 0.299. The molecule has 1 aromatic carbocycles. The molecule has 0 saturated carbocycles. The molecule has 1 atom stereocenters. The van der Waals surface area contributed by atoms with Crippen LogP contribution in [-0.4, -0.2) is 19.2 Å². The van der Waals surface area contributed by atoms with Crippen LogP contribution in [0.2, 0.25) is 10.0 Å². The van der Waals surface area contributed by atoms with Crippen LogP contribution in [0.3, 0.4) is 0 Å². The molecular weight excluding hydrogens is 257 g/mol. The first-order chi connectivity index (χ1) is 8.25. The quantitative estimate of drug-likeness (QED) is 0.822. The van der Waals surface area contributed by atoms with Gasteiger partial charge in [-0.25, -0.2) is 0 Å². The van der Waals surface area contributed by atoms with E-state index in [1.54, 1.807) is 12.1 Å². The van der Waals surface area contributed by atoms with Gasteiger partial charge in [0.15, 0.2) is 0 Å². The first-order valence-corrected chi connectivity index (χ1v) is 6.82. The normalized spacial score (nSPS) is 19.5. The van der Waals surface area contributed by atoms with Crippen LogP contribution in [0, 0.1) is 0 Å². The number of hydrogen-bond acceptors (Lipinski definition) is 2. The van der Waals surface area contributed by atoms with Gasteiger partial charge >= 0.3 is 0 Å². The van der Waals surface area contributed by atoms with Gasteiger partial charge in [-0.05, 0) is 44.4 Å². The maximum Gasteiger partial charge on any atom is 0.120 e. The molecule has 0 amide bonds. The lowest BCUT2D eigenvalue weighted by Gasteiger charge is -2.11. The van der Waals surface area contributed by atoms with Gasteiger partial charge in [0.2, 0.25) is 0 Å². The van der Waals surface area contributed by atoms with E-state index in [1.807, 2.05) is 6.07 Å². The van der Waals surface area contributed by atoms with Crippen molar-refractivity contribution in [3.63, 3.8) is 0 Å². The zero-order valence-corrected chi connectivity index (χ0v) is 11.2. The highest BCUT2D eigenvalue weighted by Crippen LogP contribution is 2.26. The van der Waals surface area contributed by atoms with E-state index >= 15 is 0 Å². The minimum Gasteiger partial charge on any atom is -0.494 e. The summed E-state index contributed by atoms with van der Waals surface area (Å²) in [6.45, 7) is 1.90. The van der Waals surface area contributed by atoms with Crippen molar-refractivity contribution in [1.82, 2.24) is 5.32 Å². The van der Waals surface area contributed by atoms with Crippen LogP contribution in [0.5, 0.6) is 5.75 Å². The fourth-order valence-electron chi connectivity index (χ4n) is 2.09. The lowest BCUT2D eigenvalue weighted by Crippen LogP contribution is -2.21. The molecule has 1 aliphatic heterocycles. The van der Waals surface area contributed by atoms with E-state index in [9.17, 15) is 0 Å². The van der Waals surface area contributed by atoms with Crippen LogP contribution in [-0.2, 0) is 0 Å². The Labute approximate surface area is 112 Å². The van der Waals surface area contributed by atoms with Crippen molar-refractivity contribution >= 4 is 23.2 Å². The Balaban J connectivity index is 1.68. The van der Waals surface area contributed by atoms with Crippen LogP contribution in [0.4, 0.5) is 0 Å². The Kier molecular flexibility index (Phi) is 4.96. The summed E-state index contributed by atoms with van der Waals surface area (Å²) in [6.07, 6.45) is 4.85. The first kappa shape index (κ1) is 13.0. The molecule has 2 nitrogen and oxygen atoms in total. The minimum atomic E-state index is 0.543. The van der Waals surface area contributed by atoms with Gasteiger partial charge in [0.25, 0.3) is 0 Å². The summed E-state index contributed by atoms with van der Waals surface area (Å²) in [5.41, 5.74) is 0. The van der Waals surface area contributed by atoms with E-state index in [0.29, 0.717) is 16.1 Å². The molecule has 1 N–H and O–H groups in total. The van der Waals surface area contributed by atoms with Crippen molar-refractivity contribution in [2.75, 3.05) is 13.2 Å². The smallest absolute Gasteiger partial charge is 0.120 e. The summed E-state index contributed by atoms with van der Waals surface area (Å²) in [6, 6.07) is 6.06. The highest BCUT2D eigenvalue weighted by atomic mass is 35.5. The summed E-state index contributed by atoms with van der Waals surface area (Å²) in [5.74, 6) is 0.791. The van der Waals surface area contributed by atoms with Crippen molar-refractivity contribution in [2.45, 2.75) is 31.7 Å². The van der Waals surface area contributed by atoms with Gasteiger partial charge < -0.3 is 10.1 Å². The van der Waals surface area contributed by atoms with Gasteiger partial charge in [-0.2, -0.15) is 0 Å². The molecule has 0 radical (unpaired) electrons. The molecule has 1 fully saturated rings. The Morgan fingerprint density at radius 1 is 1.29 bits per heavy atom. The highest BCUT2D eigenvalue weighted by Gasteiger charge is 2.12. The van der Waals surface area contributed by atoms with Gasteiger partial charge in [-0.15, -0.1) is 0 Å². The van der Waals surface area contributed by atoms with Gasteiger partial charge in [-0.1, -0.05) is 23.2 Å². The molecule has 0 aliphatic carbocycles. The van der Waals surface area contributed by atoms with Gasteiger partial charge in [0, 0.05) is 12.1 Å². The number of halogens is 2. The monoisotopic (exact) mass is 273 g/mol. The van der Waals surface area contributed by atoms with Crippen molar-refractivity contribution in [3.8, 4) is 5.75 Å². The largest absolute Gasteiger partial charge is 0.494 e. The molecule has 4 heteroatoms. The van der Waals surface area contributed by atoms with Crippen LogP contribution < -0.4 is 10.1 Å². The first-order valence-electron chi connectivity index (χ1n) is 6.07. The Morgan fingerprint density at radius 3 is 2.88 bits per heavy atom. The van der Waals surface area contributed by atoms with E-state index in [2.05, 4.69) is 5.32 Å². The Bertz CT molecular complexity index is 364. The summed E-state index contributed by atoms with van der Waals surface area (Å²) in [4.78, 5) is 0. The van der Waals surface area contributed by atoms with E-state index in [1.165, 1.54) is 19.3 Å². The lowest BCUT2D eigenvalue weighted by atomic mass is 10.1. The molecule has 0 aromatic heterocycles. The minimum absolute atomic E-state index is 0.543. The average Bonchev–Trinajstić information content (AvgIpc) is 2.82. The van der Waals surface area contributed by atoms with E-state index in [-0.39, 0.29) is 0 Å². The maximum absolute atomic E-state index is 5.91. The van der Waals surface area contributed by atoms with Gasteiger partial charge in [-0.3, -0.25) is 0 Å². The Morgan fingerprint density at radius 2 is 2.18 bits per heavy atom. The second-order valence-corrected chi connectivity index (χ2v) is 5.17. The molecule has 17 heavy (non-hydrogen) atoms. The fraction of sp³-hybridized carbons (Fsp3) is 0.538. The van der Waals surface area contributed by atoms with Crippen LogP contribution in [0.1, 0.15) is 25.7 Å². The Hall–Kier alpha value is -0.440. The highest BCUT2D eigenvalue weighted by molar-refractivity contribution is 6.42. The summed E-state index contributed by atoms with van der Waals surface area (Å²) in [5, 5.41) is 4.58. The molecule has 1 saturated heterocycles. The summed E-state index contributed by atoms with van der Waals surface area (Å²) >= 11 is 11.7. The molecule has 0 bridgehead atoms. The second kappa shape index (κ2) is 6.48. The molecule has 1 aliphatic rings. The maximum atomic E-state index is 5.91. The summed E-state index contributed by atoms with van der Waals surface area (Å²) < 4.78 is 5.63. The van der Waals surface area contributed by atoms with E-state index in [4.69, 9.17) is 27.9 Å². The molecule has 2 rings (SSSR count). The van der Waals surface area contributed by atoms with Crippen molar-refractivity contribution in [1.29, 1.82) is 0 Å². The second-order valence-electron chi connectivity index (χ2n) is 4.36. The third-order valence-corrected chi connectivity index (χ3v) is 3.76. The van der Waals surface area contributed by atoms with Crippen molar-refractivity contribution in [3.05, 3.63) is 28.2 Å². The predicted octanol–water partition coefficient (Wildman–Crippen LogP) is 3.90. The molecule has 1 aromatic rings.